The standard InChI is InChI=1S/C17H27N3O4S/c1-19(11-7-15-5-8-18-9-6-15)17(21)16-4-3-10-20(14-16)25(22,23)13-12-24-2/h5-6,8-9,16H,3-4,7,10-14H2,1-2H3. The average molecular weight is 369 g/mol. The van der Waals surface area contributed by atoms with Crippen molar-refractivity contribution in [3.63, 3.8) is 0 Å². The van der Waals surface area contributed by atoms with Gasteiger partial charge >= 0.3 is 0 Å². The van der Waals surface area contributed by atoms with Gasteiger partial charge in [-0.15, -0.1) is 0 Å². The number of hydrogen-bond acceptors (Lipinski definition) is 5. The Kier molecular flexibility index (Phi) is 7.34. The molecule has 1 amide bonds. The largest absolute Gasteiger partial charge is 0.384 e. The van der Waals surface area contributed by atoms with Gasteiger partial charge in [-0.05, 0) is 37.0 Å². The number of likely N-dealkylation sites (N-methyl/N-ethyl adjacent to an activating group) is 1. The fraction of sp³-hybridized carbons (Fsp3) is 0.647. The van der Waals surface area contributed by atoms with Crippen molar-refractivity contribution < 1.29 is 17.9 Å². The lowest BCUT2D eigenvalue weighted by Gasteiger charge is -2.33. The van der Waals surface area contributed by atoms with Gasteiger partial charge in [0, 0.05) is 46.2 Å². The van der Waals surface area contributed by atoms with Crippen LogP contribution in [0.25, 0.3) is 0 Å². The zero-order chi connectivity index (χ0) is 18.3. The SMILES string of the molecule is COCCS(=O)(=O)N1CCCC(C(=O)N(C)CCc2ccncc2)C1. The first-order valence-electron chi connectivity index (χ1n) is 8.54. The highest BCUT2D eigenvalue weighted by molar-refractivity contribution is 7.89. The summed E-state index contributed by atoms with van der Waals surface area (Å²) in [5.41, 5.74) is 1.13. The maximum Gasteiger partial charge on any atom is 0.226 e. The summed E-state index contributed by atoms with van der Waals surface area (Å²) in [4.78, 5) is 18.4. The summed E-state index contributed by atoms with van der Waals surface area (Å²) < 4.78 is 30.9. The number of methoxy groups -OCH3 is 1. The fourth-order valence-corrected chi connectivity index (χ4v) is 4.43. The molecule has 1 aromatic heterocycles. The predicted octanol–water partition coefficient (Wildman–Crippen LogP) is 0.771. The van der Waals surface area contributed by atoms with Crippen LogP contribution >= 0.6 is 0 Å². The minimum Gasteiger partial charge on any atom is -0.384 e. The van der Waals surface area contributed by atoms with E-state index in [4.69, 9.17) is 4.74 Å². The van der Waals surface area contributed by atoms with Crippen LogP contribution in [0.15, 0.2) is 24.5 Å². The van der Waals surface area contributed by atoms with Gasteiger partial charge in [0.1, 0.15) is 0 Å². The van der Waals surface area contributed by atoms with Gasteiger partial charge in [-0.1, -0.05) is 0 Å². The third-order valence-corrected chi connectivity index (χ3v) is 6.33. The van der Waals surface area contributed by atoms with Crippen molar-refractivity contribution in [2.24, 2.45) is 5.92 Å². The van der Waals surface area contributed by atoms with E-state index in [1.54, 1.807) is 24.3 Å². The summed E-state index contributed by atoms with van der Waals surface area (Å²) in [6, 6.07) is 3.87. The van der Waals surface area contributed by atoms with Crippen molar-refractivity contribution in [2.45, 2.75) is 19.3 Å². The number of ether oxygens (including phenoxy) is 1. The molecule has 2 rings (SSSR count). The van der Waals surface area contributed by atoms with Gasteiger partial charge in [-0.25, -0.2) is 12.7 Å². The van der Waals surface area contributed by atoms with Gasteiger partial charge in [0.2, 0.25) is 15.9 Å². The molecule has 1 aliphatic heterocycles. The summed E-state index contributed by atoms with van der Waals surface area (Å²) in [6.45, 7) is 1.53. The van der Waals surface area contributed by atoms with Crippen LogP contribution < -0.4 is 0 Å². The lowest BCUT2D eigenvalue weighted by molar-refractivity contribution is -0.135. The van der Waals surface area contributed by atoms with Crippen LogP contribution in [0.3, 0.4) is 0 Å². The Hall–Kier alpha value is -1.51. The molecular weight excluding hydrogens is 342 g/mol. The molecule has 0 N–H and O–H groups in total. The number of sulfonamides is 1. The second-order valence-electron chi connectivity index (χ2n) is 6.37. The second-order valence-corrected chi connectivity index (χ2v) is 8.46. The van der Waals surface area contributed by atoms with Crippen LogP contribution in [0.5, 0.6) is 0 Å². The average Bonchev–Trinajstić information content (AvgIpc) is 2.65. The molecule has 7 nitrogen and oxygen atoms in total. The smallest absolute Gasteiger partial charge is 0.226 e. The molecule has 0 saturated carbocycles. The molecule has 1 aliphatic rings. The molecule has 1 aromatic rings. The lowest BCUT2D eigenvalue weighted by Crippen LogP contribution is -2.47. The number of aromatic nitrogens is 1. The molecule has 1 atom stereocenters. The van der Waals surface area contributed by atoms with Crippen LogP contribution in [0, 0.1) is 5.92 Å². The van der Waals surface area contributed by atoms with Gasteiger partial charge < -0.3 is 9.64 Å². The van der Waals surface area contributed by atoms with Crippen molar-refractivity contribution in [3.05, 3.63) is 30.1 Å². The first-order chi connectivity index (χ1) is 11.9. The number of piperidine rings is 1. The molecule has 1 unspecified atom stereocenters. The highest BCUT2D eigenvalue weighted by atomic mass is 32.2. The van der Waals surface area contributed by atoms with E-state index in [2.05, 4.69) is 4.98 Å². The summed E-state index contributed by atoms with van der Waals surface area (Å²) in [7, 11) is -0.101. The quantitative estimate of drug-likeness (QED) is 0.676. The van der Waals surface area contributed by atoms with Gasteiger partial charge in [-0.3, -0.25) is 9.78 Å². The number of pyridine rings is 1. The van der Waals surface area contributed by atoms with Crippen LogP contribution in [0.1, 0.15) is 18.4 Å². The summed E-state index contributed by atoms with van der Waals surface area (Å²) in [6.07, 6.45) is 5.67. The van der Waals surface area contributed by atoms with Gasteiger partial charge in [0.15, 0.2) is 0 Å². The monoisotopic (exact) mass is 369 g/mol. The van der Waals surface area contributed by atoms with Crippen LogP contribution in [0.2, 0.25) is 0 Å². The van der Waals surface area contributed by atoms with Gasteiger partial charge in [-0.2, -0.15) is 0 Å². The third kappa shape index (κ3) is 5.76. The summed E-state index contributed by atoms with van der Waals surface area (Å²) in [5.74, 6) is -0.295. The molecule has 0 aliphatic carbocycles. The minimum absolute atomic E-state index is 0.0145. The van der Waals surface area contributed by atoms with E-state index in [1.807, 2.05) is 12.1 Å². The van der Waals surface area contributed by atoms with Gasteiger partial charge in [0.25, 0.3) is 0 Å². The van der Waals surface area contributed by atoms with Crippen molar-refractivity contribution in [3.8, 4) is 0 Å². The Morgan fingerprint density at radius 1 is 1.40 bits per heavy atom. The molecular formula is C17H27N3O4S. The Bertz CT molecular complexity index is 651. The molecule has 140 valence electrons. The number of carbonyl (C=O) groups is 1. The topological polar surface area (TPSA) is 79.8 Å². The molecule has 1 fully saturated rings. The second kappa shape index (κ2) is 9.26. The van der Waals surface area contributed by atoms with E-state index in [0.29, 0.717) is 19.5 Å². The zero-order valence-electron chi connectivity index (χ0n) is 14.9. The molecule has 0 spiro atoms. The van der Waals surface area contributed by atoms with Crippen LogP contribution in [-0.2, 0) is 26.0 Å². The highest BCUT2D eigenvalue weighted by Crippen LogP contribution is 2.21. The summed E-state index contributed by atoms with van der Waals surface area (Å²) in [5, 5.41) is 0. The van der Waals surface area contributed by atoms with Crippen molar-refractivity contribution in [2.75, 3.05) is 46.2 Å². The number of hydrogen-bond donors (Lipinski definition) is 0. The van der Waals surface area contributed by atoms with E-state index < -0.39 is 10.0 Å². The van der Waals surface area contributed by atoms with E-state index in [9.17, 15) is 13.2 Å². The Morgan fingerprint density at radius 2 is 2.12 bits per heavy atom. The van der Waals surface area contributed by atoms with Crippen LogP contribution in [0.4, 0.5) is 0 Å². The number of rotatable bonds is 8. The maximum absolute atomic E-state index is 12.7. The lowest BCUT2D eigenvalue weighted by atomic mass is 9.98. The van der Waals surface area contributed by atoms with Crippen LogP contribution in [-0.4, -0.2) is 74.7 Å². The number of carbonyl (C=O) groups excluding carboxylic acids is 1. The molecule has 0 aromatic carbocycles. The van der Waals surface area contributed by atoms with Crippen molar-refractivity contribution in [1.82, 2.24) is 14.2 Å². The molecule has 8 heteroatoms. The molecule has 2 heterocycles. The van der Waals surface area contributed by atoms with E-state index in [1.165, 1.54) is 11.4 Å². The highest BCUT2D eigenvalue weighted by Gasteiger charge is 2.33. The van der Waals surface area contributed by atoms with Gasteiger partial charge in [0.05, 0.1) is 18.3 Å². The predicted molar refractivity (Wildman–Crippen MR) is 95.5 cm³/mol. The Balaban J connectivity index is 1.90. The normalized spacial score (nSPS) is 18.9. The van der Waals surface area contributed by atoms with Crippen molar-refractivity contribution >= 4 is 15.9 Å². The number of amides is 1. The molecule has 0 bridgehead atoms. The van der Waals surface area contributed by atoms with E-state index in [-0.39, 0.29) is 30.7 Å². The Labute approximate surface area is 150 Å². The van der Waals surface area contributed by atoms with E-state index in [0.717, 1.165) is 18.4 Å². The first kappa shape index (κ1) is 19.8. The first-order valence-corrected chi connectivity index (χ1v) is 10.2. The number of nitrogens with zero attached hydrogens (tertiary/aromatic N) is 3. The van der Waals surface area contributed by atoms with E-state index >= 15 is 0 Å². The minimum atomic E-state index is -3.36. The molecule has 0 radical (unpaired) electrons. The summed E-state index contributed by atoms with van der Waals surface area (Å²) >= 11 is 0. The molecule has 1 saturated heterocycles. The third-order valence-electron chi connectivity index (χ3n) is 4.53. The maximum atomic E-state index is 12.7. The fourth-order valence-electron chi connectivity index (χ4n) is 2.98. The molecule has 25 heavy (non-hydrogen) atoms. The zero-order valence-corrected chi connectivity index (χ0v) is 15.7. The Morgan fingerprint density at radius 3 is 2.80 bits per heavy atom. The van der Waals surface area contributed by atoms with Crippen molar-refractivity contribution in [1.29, 1.82) is 0 Å².